The van der Waals surface area contributed by atoms with Crippen LogP contribution in [-0.4, -0.2) is 41.4 Å². The molecule has 0 fully saturated rings. The van der Waals surface area contributed by atoms with Crippen molar-refractivity contribution in [2.45, 2.75) is 9.79 Å². The number of anilines is 5. The standard InChI is InChI=1S/C15H14N6.C14H12O6S2.2Na/c16-13-14(17)18-20-19-15(13)21(11-7-3-1-4-8-11)12-9-5-2-6-10-12;15-21(16,17)13-8-4-7-12(14(13)22(18,19)20)10-9-11-5-2-1-3-6-11;;/h1-10H,(H2,16,20)(H2,17,18,19);1-10H,(H,15,16,17)(H,18,19,20);;/q;;2*+1/p-2. The summed E-state index contributed by atoms with van der Waals surface area (Å²) in [5.41, 5.74) is 14.5. The Morgan fingerprint density at radius 2 is 1.13 bits per heavy atom. The molecule has 0 aliphatic heterocycles. The van der Waals surface area contributed by atoms with Gasteiger partial charge in [0.25, 0.3) is 0 Å². The van der Waals surface area contributed by atoms with Crippen molar-refractivity contribution in [3.05, 3.63) is 120 Å². The third kappa shape index (κ3) is 10.2. The van der Waals surface area contributed by atoms with E-state index in [-0.39, 0.29) is 70.5 Å². The van der Waals surface area contributed by atoms with Gasteiger partial charge in [-0.1, -0.05) is 91.0 Å². The van der Waals surface area contributed by atoms with Gasteiger partial charge in [-0.05, 0) is 46.7 Å². The summed E-state index contributed by atoms with van der Waals surface area (Å²) in [6.45, 7) is 0. The number of hydrogen-bond donors (Lipinski definition) is 2. The number of nitrogen functional groups attached to an aromatic ring is 2. The summed E-state index contributed by atoms with van der Waals surface area (Å²) in [4.78, 5) is -0.185. The third-order valence-electron chi connectivity index (χ3n) is 5.83. The normalized spacial score (nSPS) is 11.0. The van der Waals surface area contributed by atoms with Crippen LogP contribution in [0.4, 0.5) is 28.7 Å². The molecule has 4 aromatic carbocycles. The minimum Gasteiger partial charge on any atom is -0.744 e. The molecule has 0 unspecified atom stereocenters. The van der Waals surface area contributed by atoms with E-state index in [1.54, 1.807) is 30.3 Å². The number of nitrogens with two attached hydrogens (primary N) is 2. The quantitative estimate of drug-likeness (QED) is 0.112. The number of para-hydroxylation sites is 2. The maximum absolute atomic E-state index is 11.3. The first-order valence-corrected chi connectivity index (χ1v) is 15.2. The zero-order chi connectivity index (χ0) is 31.0. The van der Waals surface area contributed by atoms with Crippen molar-refractivity contribution >= 4 is 61.1 Å². The summed E-state index contributed by atoms with van der Waals surface area (Å²) < 4.78 is 67.5. The molecule has 0 saturated heterocycles. The van der Waals surface area contributed by atoms with Gasteiger partial charge in [0.1, 0.15) is 25.9 Å². The van der Waals surface area contributed by atoms with Gasteiger partial charge in [0, 0.05) is 11.4 Å². The number of hydrogen-bond acceptors (Lipinski definition) is 12. The largest absolute Gasteiger partial charge is 1.00 e. The SMILES string of the molecule is Nc1nnnc(N(c2ccccc2)c2ccccc2)c1N.O=S(=O)([O-])c1cccc(C=Cc2ccccc2)c1S(=O)(=O)[O-].[Na+].[Na+]. The average Bonchev–Trinajstić information content (AvgIpc) is 2.99. The number of benzene rings is 4. The van der Waals surface area contributed by atoms with Crippen molar-refractivity contribution < 1.29 is 85.1 Å². The maximum atomic E-state index is 11.3. The van der Waals surface area contributed by atoms with E-state index in [1.807, 2.05) is 65.6 Å². The van der Waals surface area contributed by atoms with E-state index in [0.717, 1.165) is 17.4 Å². The van der Waals surface area contributed by atoms with Gasteiger partial charge in [0.15, 0.2) is 11.6 Å². The van der Waals surface area contributed by atoms with Crippen molar-refractivity contribution in [3.63, 3.8) is 0 Å². The van der Waals surface area contributed by atoms with E-state index >= 15 is 0 Å². The molecule has 0 aliphatic carbocycles. The van der Waals surface area contributed by atoms with Crippen molar-refractivity contribution in [1.82, 2.24) is 15.4 Å². The van der Waals surface area contributed by atoms with E-state index in [1.165, 1.54) is 24.3 Å². The second-order valence-electron chi connectivity index (χ2n) is 8.75. The van der Waals surface area contributed by atoms with Crippen LogP contribution in [0.25, 0.3) is 12.2 Å². The predicted octanol–water partition coefficient (Wildman–Crippen LogP) is -1.82. The van der Waals surface area contributed by atoms with Gasteiger partial charge in [0.05, 0.1) is 9.79 Å². The van der Waals surface area contributed by atoms with Gasteiger partial charge in [0.2, 0.25) is 0 Å². The van der Waals surface area contributed by atoms with Gasteiger partial charge < -0.3 is 20.6 Å². The first-order chi connectivity index (χ1) is 20.5. The fourth-order valence-electron chi connectivity index (χ4n) is 3.93. The Hall–Kier alpha value is -3.15. The molecule has 0 atom stereocenters. The summed E-state index contributed by atoms with van der Waals surface area (Å²) in [6, 6.07) is 31.5. The van der Waals surface area contributed by atoms with E-state index in [9.17, 15) is 25.9 Å². The molecule has 12 nitrogen and oxygen atoms in total. The second kappa shape index (κ2) is 17.0. The van der Waals surface area contributed by atoms with Crippen molar-refractivity contribution in [2.24, 2.45) is 0 Å². The van der Waals surface area contributed by atoms with Crippen LogP contribution < -0.4 is 75.5 Å². The predicted molar refractivity (Wildman–Crippen MR) is 161 cm³/mol. The van der Waals surface area contributed by atoms with Crippen molar-refractivity contribution in [2.75, 3.05) is 16.4 Å². The monoisotopic (exact) mass is 662 g/mol. The van der Waals surface area contributed by atoms with Gasteiger partial charge in [-0.3, -0.25) is 4.90 Å². The zero-order valence-electron chi connectivity index (χ0n) is 24.3. The molecule has 0 bridgehead atoms. The Labute approximate surface area is 305 Å². The molecule has 16 heteroatoms. The second-order valence-corrected chi connectivity index (χ2v) is 11.4. The average molecular weight is 663 g/mol. The van der Waals surface area contributed by atoms with Crippen LogP contribution in [-0.2, 0) is 20.2 Å². The minimum absolute atomic E-state index is 0. The molecule has 5 rings (SSSR count). The molecule has 220 valence electrons. The maximum Gasteiger partial charge on any atom is 1.00 e. The molecule has 4 N–H and O–H groups in total. The number of nitrogens with zero attached hydrogens (tertiary/aromatic N) is 4. The molecule has 0 aliphatic rings. The topological polar surface area (TPSA) is 208 Å². The van der Waals surface area contributed by atoms with Crippen molar-refractivity contribution in [1.29, 1.82) is 0 Å². The molecule has 0 spiro atoms. The van der Waals surface area contributed by atoms with Gasteiger partial charge in [-0.15, -0.1) is 10.2 Å². The van der Waals surface area contributed by atoms with Crippen LogP contribution in [0.2, 0.25) is 0 Å². The van der Waals surface area contributed by atoms with Crippen molar-refractivity contribution in [3.8, 4) is 0 Å². The Morgan fingerprint density at radius 1 is 0.622 bits per heavy atom. The summed E-state index contributed by atoms with van der Waals surface area (Å²) in [7, 11) is -10.2. The molecular weight excluding hydrogens is 638 g/mol. The van der Waals surface area contributed by atoms with Crippen LogP contribution in [0.15, 0.2) is 119 Å². The Kier molecular flexibility index (Phi) is 14.3. The van der Waals surface area contributed by atoms with Crippen LogP contribution >= 0.6 is 0 Å². The smallest absolute Gasteiger partial charge is 0.744 e. The van der Waals surface area contributed by atoms with Gasteiger partial charge >= 0.3 is 59.1 Å². The third-order valence-corrected chi connectivity index (χ3v) is 7.80. The summed E-state index contributed by atoms with van der Waals surface area (Å²) in [5, 5.41) is 11.4. The van der Waals surface area contributed by atoms with E-state index in [2.05, 4.69) is 15.4 Å². The molecule has 0 amide bonds. The Balaban J connectivity index is 0.000000300. The first kappa shape index (κ1) is 38.0. The molecule has 1 aromatic heterocycles. The Morgan fingerprint density at radius 3 is 1.62 bits per heavy atom. The van der Waals surface area contributed by atoms with Crippen LogP contribution in [0, 0.1) is 0 Å². The summed E-state index contributed by atoms with van der Waals surface area (Å²) in [6.07, 6.45) is 2.78. The molecule has 45 heavy (non-hydrogen) atoms. The van der Waals surface area contributed by atoms with Gasteiger partial charge in [-0.25, -0.2) is 16.8 Å². The van der Waals surface area contributed by atoms with Gasteiger partial charge in [-0.2, -0.15) is 0 Å². The zero-order valence-corrected chi connectivity index (χ0v) is 29.9. The van der Waals surface area contributed by atoms with Crippen LogP contribution in [0.5, 0.6) is 0 Å². The van der Waals surface area contributed by atoms with E-state index in [4.69, 9.17) is 11.5 Å². The molecule has 5 aromatic rings. The number of rotatable bonds is 7. The fourth-order valence-corrected chi connectivity index (χ4v) is 5.87. The van der Waals surface area contributed by atoms with Crippen LogP contribution in [0.3, 0.4) is 0 Å². The minimum atomic E-state index is -5.13. The molecule has 1 heterocycles. The fraction of sp³-hybridized carbons (Fsp3) is 0. The molecular formula is C29H24N6Na2O6S2. The summed E-state index contributed by atoms with van der Waals surface area (Å²) in [5.74, 6) is 0.622. The Bertz CT molecular complexity index is 1910. The first-order valence-electron chi connectivity index (χ1n) is 12.4. The number of aromatic nitrogens is 3. The van der Waals surface area contributed by atoms with E-state index in [0.29, 0.717) is 17.1 Å². The molecule has 0 saturated carbocycles. The van der Waals surface area contributed by atoms with Crippen LogP contribution in [0.1, 0.15) is 11.1 Å². The summed E-state index contributed by atoms with van der Waals surface area (Å²) >= 11 is 0. The molecule has 0 radical (unpaired) electrons. The van der Waals surface area contributed by atoms with E-state index < -0.39 is 30.0 Å².